The summed E-state index contributed by atoms with van der Waals surface area (Å²) in [5.74, 6) is 0. The van der Waals surface area contributed by atoms with E-state index in [1.54, 1.807) is 0 Å². The van der Waals surface area contributed by atoms with Gasteiger partial charge in [-0.1, -0.05) is 5.21 Å². The van der Waals surface area contributed by atoms with Gasteiger partial charge in [0.1, 0.15) is 0 Å². The molecule has 1 aliphatic rings. The molecule has 2 heterocycles. The molecule has 90 valence electrons. The molecular weight excluding hydrogens is 202 g/mol. The summed E-state index contributed by atoms with van der Waals surface area (Å²) in [7, 11) is 0. The zero-order chi connectivity index (χ0) is 11.2. The second kappa shape index (κ2) is 5.96. The number of hydrogen-bond donors (Lipinski definition) is 1. The summed E-state index contributed by atoms with van der Waals surface area (Å²) >= 11 is 0. The van der Waals surface area contributed by atoms with Crippen LogP contribution in [0.2, 0.25) is 0 Å². The van der Waals surface area contributed by atoms with Gasteiger partial charge in [0.05, 0.1) is 5.69 Å². The van der Waals surface area contributed by atoms with Crippen LogP contribution in [0.25, 0.3) is 0 Å². The highest BCUT2D eigenvalue weighted by atomic mass is 15.4. The van der Waals surface area contributed by atoms with Crippen LogP contribution < -0.4 is 5.73 Å². The molecule has 1 saturated heterocycles. The molecule has 1 aromatic rings. The van der Waals surface area contributed by atoms with Crippen molar-refractivity contribution in [3.8, 4) is 0 Å². The first kappa shape index (κ1) is 11.5. The van der Waals surface area contributed by atoms with Crippen molar-refractivity contribution in [2.24, 2.45) is 5.73 Å². The van der Waals surface area contributed by atoms with Crippen LogP contribution in [-0.2, 0) is 13.0 Å². The summed E-state index contributed by atoms with van der Waals surface area (Å²) in [5, 5.41) is 8.17. The zero-order valence-electron chi connectivity index (χ0n) is 9.81. The van der Waals surface area contributed by atoms with Crippen molar-refractivity contribution in [1.82, 2.24) is 19.9 Å². The number of nitrogens with zero attached hydrogens (tertiary/aromatic N) is 4. The van der Waals surface area contributed by atoms with E-state index < -0.39 is 0 Å². The smallest absolute Gasteiger partial charge is 0.0839 e. The molecule has 1 fully saturated rings. The van der Waals surface area contributed by atoms with E-state index in [-0.39, 0.29) is 0 Å². The van der Waals surface area contributed by atoms with Crippen LogP contribution >= 0.6 is 0 Å². The Morgan fingerprint density at radius 1 is 1.25 bits per heavy atom. The maximum Gasteiger partial charge on any atom is 0.0839 e. The van der Waals surface area contributed by atoms with Crippen molar-refractivity contribution in [2.45, 2.75) is 32.2 Å². The molecule has 2 N–H and O–H groups in total. The molecule has 16 heavy (non-hydrogen) atoms. The molecule has 2 rings (SSSR count). The largest absolute Gasteiger partial charge is 0.330 e. The number of aryl methyl sites for hydroxylation is 1. The lowest BCUT2D eigenvalue weighted by Crippen LogP contribution is -2.21. The standard InChI is InChI=1S/C11H21N5/c12-5-4-11-10-16(14-13-11)9-3-8-15-6-1-2-7-15/h10H,1-9,12H2. The highest BCUT2D eigenvalue weighted by Crippen LogP contribution is 2.07. The van der Waals surface area contributed by atoms with Gasteiger partial charge in [0.25, 0.3) is 0 Å². The Kier molecular flexibility index (Phi) is 4.30. The fourth-order valence-electron chi connectivity index (χ4n) is 2.17. The van der Waals surface area contributed by atoms with E-state index in [0.717, 1.165) is 25.1 Å². The van der Waals surface area contributed by atoms with Crippen molar-refractivity contribution < 1.29 is 0 Å². The topological polar surface area (TPSA) is 60.0 Å². The number of rotatable bonds is 6. The lowest BCUT2D eigenvalue weighted by molar-refractivity contribution is 0.321. The summed E-state index contributed by atoms with van der Waals surface area (Å²) in [6.07, 6.45) is 6.72. The molecule has 0 radical (unpaired) electrons. The van der Waals surface area contributed by atoms with Gasteiger partial charge >= 0.3 is 0 Å². The van der Waals surface area contributed by atoms with E-state index >= 15 is 0 Å². The molecule has 0 unspecified atom stereocenters. The van der Waals surface area contributed by atoms with E-state index in [1.165, 1.54) is 32.5 Å². The van der Waals surface area contributed by atoms with Crippen molar-refractivity contribution in [3.05, 3.63) is 11.9 Å². The fourth-order valence-corrected chi connectivity index (χ4v) is 2.17. The minimum atomic E-state index is 0.645. The van der Waals surface area contributed by atoms with Crippen LogP contribution in [0.4, 0.5) is 0 Å². The highest BCUT2D eigenvalue weighted by molar-refractivity contribution is 4.92. The Morgan fingerprint density at radius 3 is 2.81 bits per heavy atom. The highest BCUT2D eigenvalue weighted by Gasteiger charge is 2.10. The molecule has 0 aliphatic carbocycles. The Bertz CT molecular complexity index is 303. The van der Waals surface area contributed by atoms with Gasteiger partial charge in [0, 0.05) is 19.2 Å². The van der Waals surface area contributed by atoms with Crippen LogP contribution in [-0.4, -0.2) is 46.1 Å². The number of aromatic nitrogens is 3. The minimum absolute atomic E-state index is 0.645. The van der Waals surface area contributed by atoms with Crippen LogP contribution in [0.5, 0.6) is 0 Å². The average molecular weight is 223 g/mol. The predicted octanol–water partition coefficient (Wildman–Crippen LogP) is 0.265. The number of nitrogens with two attached hydrogens (primary N) is 1. The zero-order valence-corrected chi connectivity index (χ0v) is 9.81. The van der Waals surface area contributed by atoms with Crippen molar-refractivity contribution in [1.29, 1.82) is 0 Å². The van der Waals surface area contributed by atoms with E-state index in [1.807, 2.05) is 10.9 Å². The van der Waals surface area contributed by atoms with Crippen LogP contribution in [0.15, 0.2) is 6.20 Å². The van der Waals surface area contributed by atoms with E-state index in [9.17, 15) is 0 Å². The lowest BCUT2D eigenvalue weighted by Gasteiger charge is -2.13. The van der Waals surface area contributed by atoms with Crippen LogP contribution in [0, 0.1) is 0 Å². The van der Waals surface area contributed by atoms with Gasteiger partial charge in [-0.15, -0.1) is 5.10 Å². The van der Waals surface area contributed by atoms with Gasteiger partial charge in [-0.25, -0.2) is 0 Å². The monoisotopic (exact) mass is 223 g/mol. The fraction of sp³-hybridized carbons (Fsp3) is 0.818. The third kappa shape index (κ3) is 3.28. The summed E-state index contributed by atoms with van der Waals surface area (Å²) in [4.78, 5) is 2.53. The Hall–Kier alpha value is -0.940. The van der Waals surface area contributed by atoms with Gasteiger partial charge in [0.2, 0.25) is 0 Å². The molecule has 0 spiro atoms. The van der Waals surface area contributed by atoms with Crippen LogP contribution in [0.3, 0.4) is 0 Å². The van der Waals surface area contributed by atoms with E-state index in [2.05, 4.69) is 15.2 Å². The summed E-state index contributed by atoms with van der Waals surface area (Å²) in [6, 6.07) is 0. The van der Waals surface area contributed by atoms with Gasteiger partial charge in [-0.2, -0.15) is 0 Å². The third-order valence-corrected chi connectivity index (χ3v) is 3.05. The van der Waals surface area contributed by atoms with E-state index in [0.29, 0.717) is 6.54 Å². The van der Waals surface area contributed by atoms with Crippen molar-refractivity contribution >= 4 is 0 Å². The van der Waals surface area contributed by atoms with Crippen LogP contribution in [0.1, 0.15) is 25.0 Å². The second-order valence-electron chi connectivity index (χ2n) is 4.41. The SMILES string of the molecule is NCCc1cn(CCCN2CCCC2)nn1. The quantitative estimate of drug-likeness (QED) is 0.752. The van der Waals surface area contributed by atoms with Crippen molar-refractivity contribution in [2.75, 3.05) is 26.2 Å². The molecule has 0 saturated carbocycles. The maximum absolute atomic E-state index is 5.47. The molecule has 0 aromatic carbocycles. The van der Waals surface area contributed by atoms with Gasteiger partial charge in [0.15, 0.2) is 0 Å². The normalized spacial score (nSPS) is 17.1. The molecule has 5 nitrogen and oxygen atoms in total. The molecule has 1 aliphatic heterocycles. The Balaban J connectivity index is 1.67. The summed E-state index contributed by atoms with van der Waals surface area (Å²) < 4.78 is 1.93. The number of likely N-dealkylation sites (tertiary alicyclic amines) is 1. The third-order valence-electron chi connectivity index (χ3n) is 3.05. The summed E-state index contributed by atoms with van der Waals surface area (Å²) in [5.41, 5.74) is 6.47. The maximum atomic E-state index is 5.47. The molecule has 0 atom stereocenters. The van der Waals surface area contributed by atoms with E-state index in [4.69, 9.17) is 5.73 Å². The van der Waals surface area contributed by atoms with Crippen molar-refractivity contribution in [3.63, 3.8) is 0 Å². The number of hydrogen-bond acceptors (Lipinski definition) is 4. The average Bonchev–Trinajstić information content (AvgIpc) is 2.90. The summed E-state index contributed by atoms with van der Waals surface area (Å²) in [6.45, 7) is 5.35. The van der Waals surface area contributed by atoms with Gasteiger partial charge in [-0.05, 0) is 45.4 Å². The molecule has 5 heteroatoms. The Labute approximate surface area is 96.6 Å². The Morgan fingerprint density at radius 2 is 2.06 bits per heavy atom. The molecular formula is C11H21N5. The lowest BCUT2D eigenvalue weighted by atomic mass is 10.3. The minimum Gasteiger partial charge on any atom is -0.330 e. The first-order chi connectivity index (χ1) is 7.88. The molecule has 0 amide bonds. The van der Waals surface area contributed by atoms with Gasteiger partial charge in [-0.3, -0.25) is 4.68 Å². The predicted molar refractivity (Wildman–Crippen MR) is 63.1 cm³/mol. The first-order valence-corrected chi connectivity index (χ1v) is 6.20. The molecule has 1 aromatic heterocycles. The molecule has 0 bridgehead atoms. The second-order valence-corrected chi connectivity index (χ2v) is 4.41. The van der Waals surface area contributed by atoms with Gasteiger partial charge < -0.3 is 10.6 Å². The first-order valence-electron chi connectivity index (χ1n) is 6.20.